The smallest absolute Gasteiger partial charge is 0.152 e. The summed E-state index contributed by atoms with van der Waals surface area (Å²) in [7, 11) is 0. The summed E-state index contributed by atoms with van der Waals surface area (Å²) in [5, 5.41) is 9.76. The fourth-order valence-electron chi connectivity index (χ4n) is 2.36. The van der Waals surface area contributed by atoms with Crippen LogP contribution in [0.3, 0.4) is 0 Å². The van der Waals surface area contributed by atoms with Crippen LogP contribution in [0.1, 0.15) is 13.8 Å². The van der Waals surface area contributed by atoms with Gasteiger partial charge in [0, 0.05) is 18.8 Å². The van der Waals surface area contributed by atoms with Crippen molar-refractivity contribution in [3.05, 3.63) is 42.2 Å². The molecule has 2 rings (SSSR count). The van der Waals surface area contributed by atoms with Gasteiger partial charge in [0.05, 0.1) is 0 Å². The van der Waals surface area contributed by atoms with Crippen molar-refractivity contribution in [2.24, 2.45) is 5.84 Å². The lowest BCUT2D eigenvalue weighted by Gasteiger charge is -2.21. The molecule has 0 atom stereocenters. The molecule has 0 bridgehead atoms. The predicted octanol–water partition coefficient (Wildman–Crippen LogP) is 3.33. The summed E-state index contributed by atoms with van der Waals surface area (Å²) in [6.07, 6.45) is 0. The highest BCUT2D eigenvalue weighted by atomic mass is 19.1. The molecule has 4 nitrogen and oxygen atoms in total. The molecule has 0 aromatic heterocycles. The minimum Gasteiger partial charge on any atom is -0.506 e. The standard InChI is InChI=1S/C16H20FN3O/c1-3-20(4-2)13-7-5-11(6-8-13)12-9-14(17)16(19-18)15(21)10-12/h5-10,19,21H,3-4,18H2,1-2H3. The Morgan fingerprint density at radius 2 is 1.71 bits per heavy atom. The molecule has 2 aromatic carbocycles. The Balaban J connectivity index is 2.35. The largest absolute Gasteiger partial charge is 0.506 e. The van der Waals surface area contributed by atoms with Gasteiger partial charge in [-0.1, -0.05) is 12.1 Å². The molecule has 0 amide bonds. The Bertz CT molecular complexity index is 586. The Hall–Kier alpha value is -2.27. The van der Waals surface area contributed by atoms with Crippen molar-refractivity contribution in [2.75, 3.05) is 23.4 Å². The molecule has 0 aliphatic heterocycles. The van der Waals surface area contributed by atoms with E-state index in [-0.39, 0.29) is 11.4 Å². The lowest BCUT2D eigenvalue weighted by atomic mass is 10.0. The van der Waals surface area contributed by atoms with Crippen LogP contribution in [0.4, 0.5) is 15.8 Å². The molecule has 0 aliphatic rings. The highest BCUT2D eigenvalue weighted by molar-refractivity contribution is 5.72. The number of aromatic hydroxyl groups is 1. The summed E-state index contributed by atoms with van der Waals surface area (Å²) >= 11 is 0. The van der Waals surface area contributed by atoms with Gasteiger partial charge in [0.2, 0.25) is 0 Å². The number of phenols is 1. The van der Waals surface area contributed by atoms with Crippen LogP contribution in [0, 0.1) is 5.82 Å². The first-order chi connectivity index (χ1) is 10.1. The van der Waals surface area contributed by atoms with E-state index >= 15 is 0 Å². The fraction of sp³-hybridized carbons (Fsp3) is 0.250. The second kappa shape index (κ2) is 6.45. The van der Waals surface area contributed by atoms with Gasteiger partial charge in [-0.05, 0) is 49.2 Å². The van der Waals surface area contributed by atoms with Crippen molar-refractivity contribution >= 4 is 11.4 Å². The van der Waals surface area contributed by atoms with Crippen molar-refractivity contribution in [2.45, 2.75) is 13.8 Å². The zero-order valence-corrected chi connectivity index (χ0v) is 12.2. The number of rotatable bonds is 5. The summed E-state index contributed by atoms with van der Waals surface area (Å²) in [5.74, 6) is 4.38. The van der Waals surface area contributed by atoms with Gasteiger partial charge in [-0.15, -0.1) is 0 Å². The molecule has 0 radical (unpaired) electrons. The van der Waals surface area contributed by atoms with Gasteiger partial charge in [-0.25, -0.2) is 4.39 Å². The van der Waals surface area contributed by atoms with Crippen molar-refractivity contribution < 1.29 is 9.50 Å². The molecule has 0 aliphatic carbocycles. The minimum atomic E-state index is -0.583. The van der Waals surface area contributed by atoms with E-state index < -0.39 is 5.82 Å². The Kier molecular flexibility index (Phi) is 4.65. The topological polar surface area (TPSA) is 61.5 Å². The van der Waals surface area contributed by atoms with E-state index in [4.69, 9.17) is 5.84 Å². The molecule has 0 unspecified atom stereocenters. The monoisotopic (exact) mass is 289 g/mol. The van der Waals surface area contributed by atoms with Crippen molar-refractivity contribution in [1.29, 1.82) is 0 Å². The SMILES string of the molecule is CCN(CC)c1ccc(-c2cc(O)c(NN)c(F)c2)cc1. The summed E-state index contributed by atoms with van der Waals surface area (Å²) in [6.45, 7) is 6.07. The lowest BCUT2D eigenvalue weighted by molar-refractivity contribution is 0.472. The summed E-state index contributed by atoms with van der Waals surface area (Å²) in [4.78, 5) is 2.23. The first kappa shape index (κ1) is 15.1. The molecule has 0 fully saturated rings. The second-order valence-electron chi connectivity index (χ2n) is 4.72. The second-order valence-corrected chi connectivity index (χ2v) is 4.72. The number of anilines is 2. The van der Waals surface area contributed by atoms with E-state index in [1.807, 2.05) is 24.3 Å². The van der Waals surface area contributed by atoms with Crippen LogP contribution >= 0.6 is 0 Å². The van der Waals surface area contributed by atoms with Gasteiger partial charge in [-0.2, -0.15) is 0 Å². The normalized spacial score (nSPS) is 10.5. The first-order valence-electron chi connectivity index (χ1n) is 6.95. The Morgan fingerprint density at radius 1 is 1.10 bits per heavy atom. The van der Waals surface area contributed by atoms with Gasteiger partial charge in [-0.3, -0.25) is 5.84 Å². The van der Waals surface area contributed by atoms with E-state index in [0.717, 1.165) is 24.3 Å². The molecule has 0 spiro atoms. The highest BCUT2D eigenvalue weighted by Gasteiger charge is 2.11. The van der Waals surface area contributed by atoms with Crippen molar-refractivity contribution in [1.82, 2.24) is 0 Å². The van der Waals surface area contributed by atoms with E-state index in [1.54, 1.807) is 0 Å². The zero-order chi connectivity index (χ0) is 15.4. The van der Waals surface area contributed by atoms with Gasteiger partial charge in [0.25, 0.3) is 0 Å². The maximum Gasteiger partial charge on any atom is 0.152 e. The zero-order valence-electron chi connectivity index (χ0n) is 12.2. The summed E-state index contributed by atoms with van der Waals surface area (Å²) in [6, 6.07) is 10.7. The maximum absolute atomic E-state index is 13.8. The third-order valence-corrected chi connectivity index (χ3v) is 3.54. The molecule has 0 saturated heterocycles. The van der Waals surface area contributed by atoms with Crippen LogP contribution in [0.15, 0.2) is 36.4 Å². The first-order valence-corrected chi connectivity index (χ1v) is 6.95. The number of nitrogens with zero attached hydrogens (tertiary/aromatic N) is 1. The van der Waals surface area contributed by atoms with Crippen LogP contribution in [-0.2, 0) is 0 Å². The molecular formula is C16H20FN3O. The minimum absolute atomic E-state index is 0.0986. The van der Waals surface area contributed by atoms with Crippen LogP contribution in [-0.4, -0.2) is 18.2 Å². The molecule has 2 aromatic rings. The van der Waals surface area contributed by atoms with Crippen LogP contribution in [0.5, 0.6) is 5.75 Å². The molecule has 0 heterocycles. The van der Waals surface area contributed by atoms with E-state index in [2.05, 4.69) is 24.2 Å². The molecule has 5 heteroatoms. The number of hydrazine groups is 1. The Labute approximate surface area is 124 Å². The third-order valence-electron chi connectivity index (χ3n) is 3.54. The average molecular weight is 289 g/mol. The Morgan fingerprint density at radius 3 is 2.19 bits per heavy atom. The van der Waals surface area contributed by atoms with E-state index in [1.165, 1.54) is 12.1 Å². The summed E-state index contributed by atoms with van der Waals surface area (Å²) < 4.78 is 13.8. The average Bonchev–Trinajstić information content (AvgIpc) is 2.49. The molecular weight excluding hydrogens is 269 g/mol. The number of nitrogens with one attached hydrogen (secondary N) is 1. The van der Waals surface area contributed by atoms with E-state index in [0.29, 0.717) is 5.56 Å². The van der Waals surface area contributed by atoms with Gasteiger partial charge in [0.15, 0.2) is 5.82 Å². The van der Waals surface area contributed by atoms with Gasteiger partial charge in [0.1, 0.15) is 11.4 Å². The number of phenolic OH excluding ortho intramolecular Hbond substituents is 1. The van der Waals surface area contributed by atoms with Crippen LogP contribution < -0.4 is 16.2 Å². The van der Waals surface area contributed by atoms with E-state index in [9.17, 15) is 9.50 Å². The van der Waals surface area contributed by atoms with Gasteiger partial charge >= 0.3 is 0 Å². The molecule has 112 valence electrons. The summed E-state index contributed by atoms with van der Waals surface area (Å²) in [5.41, 5.74) is 4.61. The van der Waals surface area contributed by atoms with Crippen LogP contribution in [0.25, 0.3) is 11.1 Å². The predicted molar refractivity (Wildman–Crippen MR) is 84.9 cm³/mol. The number of benzene rings is 2. The van der Waals surface area contributed by atoms with Gasteiger partial charge < -0.3 is 15.4 Å². The van der Waals surface area contributed by atoms with Crippen molar-refractivity contribution in [3.8, 4) is 16.9 Å². The molecule has 4 N–H and O–H groups in total. The number of nitrogens with two attached hydrogens (primary N) is 1. The van der Waals surface area contributed by atoms with Crippen molar-refractivity contribution in [3.63, 3.8) is 0 Å². The van der Waals surface area contributed by atoms with Crippen LogP contribution in [0.2, 0.25) is 0 Å². The quantitative estimate of drug-likeness (QED) is 0.449. The fourth-order valence-corrected chi connectivity index (χ4v) is 2.36. The number of hydrogen-bond donors (Lipinski definition) is 3. The number of nitrogen functional groups attached to an aromatic ring is 1. The lowest BCUT2D eigenvalue weighted by Crippen LogP contribution is -2.21. The number of hydrogen-bond acceptors (Lipinski definition) is 4. The molecule has 0 saturated carbocycles. The maximum atomic E-state index is 13.8. The number of halogens is 1. The third kappa shape index (κ3) is 3.08. The highest BCUT2D eigenvalue weighted by Crippen LogP contribution is 2.32. The molecule has 21 heavy (non-hydrogen) atoms.